The predicted molar refractivity (Wildman–Crippen MR) is 74.5 cm³/mol. The lowest BCUT2D eigenvalue weighted by molar-refractivity contribution is 0.174. The van der Waals surface area contributed by atoms with Gasteiger partial charge in [-0.05, 0) is 37.5 Å². The number of ether oxygens (including phenoxy) is 2. The lowest BCUT2D eigenvalue weighted by atomic mass is 9.95. The largest absolute Gasteiger partial charge is 0.454 e. The van der Waals surface area contributed by atoms with E-state index in [0.29, 0.717) is 6.79 Å². The van der Waals surface area contributed by atoms with Gasteiger partial charge in [-0.3, -0.25) is 0 Å². The van der Waals surface area contributed by atoms with Gasteiger partial charge in [0.2, 0.25) is 6.79 Å². The van der Waals surface area contributed by atoms with E-state index in [1.165, 1.54) is 5.56 Å². The molecular formula is C14H16N2O2S. The van der Waals surface area contributed by atoms with Crippen molar-refractivity contribution in [1.82, 2.24) is 4.98 Å². The first kappa shape index (κ1) is 12.4. The van der Waals surface area contributed by atoms with E-state index in [-0.39, 0.29) is 5.54 Å². The molecule has 19 heavy (non-hydrogen) atoms. The van der Waals surface area contributed by atoms with Gasteiger partial charge in [-0.15, -0.1) is 11.3 Å². The smallest absolute Gasteiger partial charge is 0.231 e. The molecule has 1 aliphatic rings. The second-order valence-electron chi connectivity index (χ2n) is 4.94. The summed E-state index contributed by atoms with van der Waals surface area (Å²) in [6, 6.07) is 6.04. The van der Waals surface area contributed by atoms with E-state index < -0.39 is 0 Å². The Labute approximate surface area is 116 Å². The molecule has 100 valence electrons. The van der Waals surface area contributed by atoms with E-state index in [2.05, 4.69) is 11.1 Å². The summed E-state index contributed by atoms with van der Waals surface area (Å²) in [4.78, 5) is 4.31. The standard InChI is InChI=1S/C14H16N2O2S/c1-14(15,13-16-6-7-19-13)5-4-10-2-3-11-12(8-10)18-9-17-11/h2-3,6-8H,4-5,9,15H2,1H3. The highest BCUT2D eigenvalue weighted by Gasteiger charge is 2.24. The first-order valence-electron chi connectivity index (χ1n) is 6.22. The van der Waals surface area contributed by atoms with Crippen LogP contribution in [0, 0.1) is 0 Å². The third kappa shape index (κ3) is 2.57. The van der Waals surface area contributed by atoms with Crippen molar-refractivity contribution in [2.24, 2.45) is 5.73 Å². The van der Waals surface area contributed by atoms with Crippen LogP contribution in [0.25, 0.3) is 0 Å². The summed E-state index contributed by atoms with van der Waals surface area (Å²) in [6.07, 6.45) is 3.54. The van der Waals surface area contributed by atoms with Crippen molar-refractivity contribution in [2.45, 2.75) is 25.3 Å². The molecule has 5 heteroatoms. The fraction of sp³-hybridized carbons (Fsp3) is 0.357. The molecule has 2 heterocycles. The average molecular weight is 276 g/mol. The van der Waals surface area contributed by atoms with Gasteiger partial charge >= 0.3 is 0 Å². The van der Waals surface area contributed by atoms with Crippen LogP contribution in [0.2, 0.25) is 0 Å². The monoisotopic (exact) mass is 276 g/mol. The molecule has 1 unspecified atom stereocenters. The van der Waals surface area contributed by atoms with E-state index in [9.17, 15) is 0 Å². The Balaban J connectivity index is 1.69. The van der Waals surface area contributed by atoms with Crippen LogP contribution in [0.1, 0.15) is 23.9 Å². The molecule has 2 N–H and O–H groups in total. The van der Waals surface area contributed by atoms with Crippen molar-refractivity contribution >= 4 is 11.3 Å². The molecule has 1 aliphatic heterocycles. The molecule has 0 amide bonds. The molecule has 0 fully saturated rings. The first-order valence-corrected chi connectivity index (χ1v) is 7.10. The number of hydrogen-bond donors (Lipinski definition) is 1. The Bertz CT molecular complexity index is 567. The fourth-order valence-electron chi connectivity index (χ4n) is 2.11. The molecular weight excluding hydrogens is 260 g/mol. The van der Waals surface area contributed by atoms with Crippen LogP contribution in [0.5, 0.6) is 11.5 Å². The van der Waals surface area contributed by atoms with E-state index in [1.807, 2.05) is 24.4 Å². The van der Waals surface area contributed by atoms with Crippen molar-refractivity contribution in [1.29, 1.82) is 0 Å². The molecule has 4 nitrogen and oxygen atoms in total. The molecule has 0 radical (unpaired) electrons. The molecule has 0 saturated carbocycles. The Kier molecular flexibility index (Phi) is 3.16. The molecule has 0 saturated heterocycles. The van der Waals surface area contributed by atoms with Gasteiger partial charge in [0.1, 0.15) is 5.01 Å². The van der Waals surface area contributed by atoms with Crippen LogP contribution in [0.3, 0.4) is 0 Å². The minimum Gasteiger partial charge on any atom is -0.454 e. The van der Waals surface area contributed by atoms with E-state index in [4.69, 9.17) is 15.2 Å². The number of benzene rings is 1. The summed E-state index contributed by atoms with van der Waals surface area (Å²) < 4.78 is 10.7. The average Bonchev–Trinajstić information content (AvgIpc) is 3.07. The Morgan fingerprint density at radius 3 is 3.00 bits per heavy atom. The second-order valence-corrected chi connectivity index (χ2v) is 5.84. The number of thiazole rings is 1. The summed E-state index contributed by atoms with van der Waals surface area (Å²) in [5.74, 6) is 1.64. The number of hydrogen-bond acceptors (Lipinski definition) is 5. The maximum absolute atomic E-state index is 6.34. The zero-order valence-corrected chi connectivity index (χ0v) is 11.6. The summed E-state index contributed by atoms with van der Waals surface area (Å²) >= 11 is 1.60. The minimum absolute atomic E-state index is 0.312. The molecule has 0 bridgehead atoms. The zero-order chi connectivity index (χ0) is 13.3. The maximum atomic E-state index is 6.34. The van der Waals surface area contributed by atoms with Crippen LogP contribution in [-0.4, -0.2) is 11.8 Å². The maximum Gasteiger partial charge on any atom is 0.231 e. The van der Waals surface area contributed by atoms with Crippen LogP contribution in [0.4, 0.5) is 0 Å². The van der Waals surface area contributed by atoms with Crippen molar-refractivity contribution in [3.8, 4) is 11.5 Å². The number of rotatable bonds is 4. The topological polar surface area (TPSA) is 57.4 Å². The molecule has 0 spiro atoms. The van der Waals surface area contributed by atoms with Gasteiger partial charge < -0.3 is 15.2 Å². The molecule has 1 atom stereocenters. The molecule has 1 aromatic carbocycles. The van der Waals surface area contributed by atoms with Gasteiger partial charge in [0.25, 0.3) is 0 Å². The number of nitrogens with two attached hydrogens (primary N) is 1. The SMILES string of the molecule is CC(N)(CCc1ccc2c(c1)OCO2)c1nccs1. The minimum atomic E-state index is -0.384. The summed E-state index contributed by atoms with van der Waals surface area (Å²) in [5.41, 5.74) is 7.16. The normalized spacial score (nSPS) is 16.3. The van der Waals surface area contributed by atoms with Crippen LogP contribution >= 0.6 is 11.3 Å². The van der Waals surface area contributed by atoms with Gasteiger partial charge in [-0.25, -0.2) is 4.98 Å². The highest BCUT2D eigenvalue weighted by Crippen LogP contribution is 2.33. The number of nitrogens with zero attached hydrogens (tertiary/aromatic N) is 1. The van der Waals surface area contributed by atoms with E-state index in [1.54, 1.807) is 17.5 Å². The molecule has 2 aromatic rings. The molecule has 3 rings (SSSR count). The third-order valence-electron chi connectivity index (χ3n) is 3.29. The lowest BCUT2D eigenvalue weighted by Gasteiger charge is -2.21. The van der Waals surface area contributed by atoms with Crippen molar-refractivity contribution in [2.75, 3.05) is 6.79 Å². The van der Waals surface area contributed by atoms with Crippen molar-refractivity contribution in [3.63, 3.8) is 0 Å². The Morgan fingerprint density at radius 2 is 2.21 bits per heavy atom. The van der Waals surface area contributed by atoms with Crippen molar-refractivity contribution in [3.05, 3.63) is 40.3 Å². The van der Waals surface area contributed by atoms with E-state index in [0.717, 1.165) is 29.3 Å². The number of aromatic nitrogens is 1. The lowest BCUT2D eigenvalue weighted by Crippen LogP contribution is -2.33. The molecule has 1 aromatic heterocycles. The highest BCUT2D eigenvalue weighted by atomic mass is 32.1. The number of aryl methyl sites for hydroxylation is 1. The van der Waals surface area contributed by atoms with Crippen LogP contribution in [-0.2, 0) is 12.0 Å². The van der Waals surface area contributed by atoms with Gasteiger partial charge in [0.05, 0.1) is 5.54 Å². The second kappa shape index (κ2) is 4.83. The van der Waals surface area contributed by atoms with Crippen LogP contribution < -0.4 is 15.2 Å². The van der Waals surface area contributed by atoms with Crippen LogP contribution in [0.15, 0.2) is 29.8 Å². The van der Waals surface area contributed by atoms with Gasteiger partial charge in [0.15, 0.2) is 11.5 Å². The number of fused-ring (bicyclic) bond motifs is 1. The quantitative estimate of drug-likeness (QED) is 0.932. The summed E-state index contributed by atoms with van der Waals surface area (Å²) in [6.45, 7) is 2.34. The van der Waals surface area contributed by atoms with Crippen molar-refractivity contribution < 1.29 is 9.47 Å². The first-order chi connectivity index (χ1) is 9.15. The molecule has 0 aliphatic carbocycles. The van der Waals surface area contributed by atoms with E-state index >= 15 is 0 Å². The zero-order valence-electron chi connectivity index (χ0n) is 10.8. The van der Waals surface area contributed by atoms with Gasteiger partial charge in [-0.1, -0.05) is 6.07 Å². The van der Waals surface area contributed by atoms with Gasteiger partial charge in [-0.2, -0.15) is 0 Å². The summed E-state index contributed by atoms with van der Waals surface area (Å²) in [7, 11) is 0. The highest BCUT2D eigenvalue weighted by molar-refractivity contribution is 7.09. The summed E-state index contributed by atoms with van der Waals surface area (Å²) in [5, 5.41) is 2.94. The Hall–Kier alpha value is -1.59. The Morgan fingerprint density at radius 1 is 1.37 bits per heavy atom. The third-order valence-corrected chi connectivity index (χ3v) is 4.34. The predicted octanol–water partition coefficient (Wildman–Crippen LogP) is 2.68. The fourth-order valence-corrected chi connectivity index (χ4v) is 2.86. The van der Waals surface area contributed by atoms with Gasteiger partial charge in [0, 0.05) is 11.6 Å².